The molecule has 1 aliphatic heterocycles. The second-order valence-corrected chi connectivity index (χ2v) is 5.91. The molecule has 4 rings (SSSR count). The number of nitrogens with zero attached hydrogens (tertiary/aromatic N) is 2. The van der Waals surface area contributed by atoms with Crippen molar-refractivity contribution in [3.05, 3.63) is 75.5 Å². The fourth-order valence-electron chi connectivity index (χ4n) is 3.27. The molecule has 0 bridgehead atoms. The highest BCUT2D eigenvalue weighted by Crippen LogP contribution is 2.28. The van der Waals surface area contributed by atoms with Crippen molar-refractivity contribution in [3.8, 4) is 0 Å². The molecule has 6 heteroatoms. The van der Waals surface area contributed by atoms with E-state index in [-0.39, 0.29) is 11.6 Å². The van der Waals surface area contributed by atoms with E-state index in [0.29, 0.717) is 18.7 Å². The Morgan fingerprint density at radius 1 is 1.17 bits per heavy atom. The van der Waals surface area contributed by atoms with E-state index in [1.165, 1.54) is 17.8 Å². The Hall–Kier alpha value is -3.15. The zero-order valence-electron chi connectivity index (χ0n) is 12.9. The van der Waals surface area contributed by atoms with Crippen molar-refractivity contribution in [2.75, 3.05) is 6.54 Å². The van der Waals surface area contributed by atoms with Gasteiger partial charge in [0.1, 0.15) is 0 Å². The predicted octanol–water partition coefficient (Wildman–Crippen LogP) is 3.27. The van der Waals surface area contributed by atoms with Crippen molar-refractivity contribution in [2.45, 2.75) is 13.0 Å². The molecule has 2 aromatic carbocycles. The number of nitrogens with one attached hydrogen (secondary N) is 1. The van der Waals surface area contributed by atoms with Gasteiger partial charge < -0.3 is 9.88 Å². The maximum Gasteiger partial charge on any atom is 0.270 e. The Kier molecular flexibility index (Phi) is 3.30. The molecule has 120 valence electrons. The summed E-state index contributed by atoms with van der Waals surface area (Å²) in [7, 11) is 0. The minimum atomic E-state index is -0.481. The molecular weight excluding hydrogens is 306 g/mol. The molecule has 0 unspecified atom stereocenters. The van der Waals surface area contributed by atoms with Crippen LogP contribution in [0.1, 0.15) is 21.6 Å². The van der Waals surface area contributed by atoms with E-state index < -0.39 is 4.92 Å². The number of rotatable bonds is 2. The summed E-state index contributed by atoms with van der Waals surface area (Å²) < 4.78 is 0. The third-order valence-electron chi connectivity index (χ3n) is 4.47. The van der Waals surface area contributed by atoms with E-state index in [1.54, 1.807) is 17.0 Å². The lowest BCUT2D eigenvalue weighted by atomic mass is 10.0. The number of aromatic nitrogens is 1. The second kappa shape index (κ2) is 5.49. The van der Waals surface area contributed by atoms with Crippen LogP contribution in [0.5, 0.6) is 0 Å². The topological polar surface area (TPSA) is 79.2 Å². The van der Waals surface area contributed by atoms with Gasteiger partial charge in [-0.1, -0.05) is 24.3 Å². The van der Waals surface area contributed by atoms with Gasteiger partial charge in [0.25, 0.3) is 11.6 Å². The number of carbonyl (C=O) groups is 1. The summed E-state index contributed by atoms with van der Waals surface area (Å²) in [4.78, 5) is 28.3. The van der Waals surface area contributed by atoms with Crippen LogP contribution in [0.2, 0.25) is 0 Å². The van der Waals surface area contributed by atoms with Crippen LogP contribution in [0, 0.1) is 10.1 Å². The van der Waals surface area contributed by atoms with Crippen LogP contribution < -0.4 is 0 Å². The summed E-state index contributed by atoms with van der Waals surface area (Å²) in [5.74, 6) is -0.172. The first-order chi connectivity index (χ1) is 11.6. The average molecular weight is 321 g/mol. The quantitative estimate of drug-likeness (QED) is 0.581. The number of nitro groups is 1. The lowest BCUT2D eigenvalue weighted by Crippen LogP contribution is -2.35. The van der Waals surface area contributed by atoms with Crippen LogP contribution in [0.3, 0.4) is 0 Å². The molecule has 0 aliphatic carbocycles. The molecule has 1 amide bonds. The van der Waals surface area contributed by atoms with Crippen molar-refractivity contribution >= 4 is 22.5 Å². The van der Waals surface area contributed by atoms with Crippen LogP contribution in [-0.4, -0.2) is 27.3 Å². The summed E-state index contributed by atoms with van der Waals surface area (Å²) >= 11 is 0. The first kappa shape index (κ1) is 14.4. The van der Waals surface area contributed by atoms with Gasteiger partial charge in [-0.2, -0.15) is 0 Å². The zero-order chi connectivity index (χ0) is 16.7. The van der Waals surface area contributed by atoms with Gasteiger partial charge in [0.15, 0.2) is 0 Å². The highest BCUT2D eigenvalue weighted by molar-refractivity contribution is 5.95. The van der Waals surface area contributed by atoms with Gasteiger partial charge in [-0.3, -0.25) is 14.9 Å². The Bertz CT molecular complexity index is 961. The monoisotopic (exact) mass is 321 g/mol. The van der Waals surface area contributed by atoms with E-state index in [9.17, 15) is 14.9 Å². The number of hydrogen-bond acceptors (Lipinski definition) is 3. The average Bonchev–Trinajstić information content (AvgIpc) is 2.99. The highest BCUT2D eigenvalue weighted by atomic mass is 16.6. The maximum absolute atomic E-state index is 12.7. The number of hydrogen-bond donors (Lipinski definition) is 1. The molecule has 0 radical (unpaired) electrons. The molecule has 1 aliphatic rings. The largest absolute Gasteiger partial charge is 0.358 e. The summed E-state index contributed by atoms with van der Waals surface area (Å²) in [6.07, 6.45) is 0.755. The van der Waals surface area contributed by atoms with Crippen molar-refractivity contribution in [1.29, 1.82) is 0 Å². The third kappa shape index (κ3) is 2.32. The lowest BCUT2D eigenvalue weighted by Gasteiger charge is -2.27. The van der Waals surface area contributed by atoms with Gasteiger partial charge in [-0.25, -0.2) is 0 Å². The number of para-hydroxylation sites is 1. The molecule has 0 atom stereocenters. The van der Waals surface area contributed by atoms with Gasteiger partial charge in [-0.15, -0.1) is 0 Å². The molecule has 0 saturated heterocycles. The Morgan fingerprint density at radius 3 is 2.83 bits per heavy atom. The molecular formula is C18H15N3O3. The van der Waals surface area contributed by atoms with Crippen LogP contribution in [0.15, 0.2) is 48.5 Å². The Morgan fingerprint density at radius 2 is 2.00 bits per heavy atom. The third-order valence-corrected chi connectivity index (χ3v) is 4.47. The van der Waals surface area contributed by atoms with E-state index >= 15 is 0 Å². The number of nitro benzene ring substituents is 1. The van der Waals surface area contributed by atoms with E-state index in [1.807, 2.05) is 24.3 Å². The standard InChI is InChI=1S/C18H15N3O3/c22-18(12-4-3-5-13(10-12)21(23)24)20-9-8-17-15(11-20)14-6-1-2-7-16(14)19-17/h1-7,10,19H,8-9,11H2. The van der Waals surface area contributed by atoms with Crippen molar-refractivity contribution in [1.82, 2.24) is 9.88 Å². The smallest absolute Gasteiger partial charge is 0.270 e. The summed E-state index contributed by atoms with van der Waals surface area (Å²) in [6.45, 7) is 1.11. The molecule has 1 aromatic heterocycles. The first-order valence-corrected chi connectivity index (χ1v) is 7.75. The molecule has 3 aromatic rings. The van der Waals surface area contributed by atoms with Gasteiger partial charge in [-0.05, 0) is 12.1 Å². The molecule has 1 N–H and O–H groups in total. The minimum absolute atomic E-state index is 0.0642. The van der Waals surface area contributed by atoms with Crippen LogP contribution in [0.4, 0.5) is 5.69 Å². The normalized spacial score (nSPS) is 13.8. The van der Waals surface area contributed by atoms with Crippen molar-refractivity contribution < 1.29 is 9.72 Å². The summed E-state index contributed by atoms with van der Waals surface area (Å²) in [5, 5.41) is 12.0. The zero-order valence-corrected chi connectivity index (χ0v) is 12.9. The van der Waals surface area contributed by atoms with E-state index in [4.69, 9.17) is 0 Å². The minimum Gasteiger partial charge on any atom is -0.358 e. The van der Waals surface area contributed by atoms with Gasteiger partial charge in [0.2, 0.25) is 0 Å². The second-order valence-electron chi connectivity index (χ2n) is 5.91. The predicted molar refractivity (Wildman–Crippen MR) is 89.8 cm³/mol. The van der Waals surface area contributed by atoms with Crippen LogP contribution in [0.25, 0.3) is 10.9 Å². The summed E-state index contributed by atoms with van der Waals surface area (Å²) in [5.41, 5.74) is 3.67. The molecule has 6 nitrogen and oxygen atoms in total. The SMILES string of the molecule is O=C(c1cccc([N+](=O)[O-])c1)N1CCc2[nH]c3ccccc3c2C1. The maximum atomic E-state index is 12.7. The number of fused-ring (bicyclic) bond motifs is 3. The fourth-order valence-corrected chi connectivity index (χ4v) is 3.27. The number of non-ortho nitro benzene ring substituents is 1. The van der Waals surface area contributed by atoms with Gasteiger partial charge in [0.05, 0.1) is 4.92 Å². The van der Waals surface area contributed by atoms with E-state index in [0.717, 1.165) is 22.9 Å². The van der Waals surface area contributed by atoms with Crippen molar-refractivity contribution in [3.63, 3.8) is 0 Å². The number of benzene rings is 2. The molecule has 0 saturated carbocycles. The lowest BCUT2D eigenvalue weighted by molar-refractivity contribution is -0.384. The Balaban J connectivity index is 1.65. The number of carbonyl (C=O) groups excluding carboxylic acids is 1. The van der Waals surface area contributed by atoms with Gasteiger partial charge >= 0.3 is 0 Å². The van der Waals surface area contributed by atoms with E-state index in [2.05, 4.69) is 4.98 Å². The summed E-state index contributed by atoms with van der Waals surface area (Å²) in [6, 6.07) is 13.9. The Labute approximate surface area is 137 Å². The first-order valence-electron chi connectivity index (χ1n) is 7.75. The van der Waals surface area contributed by atoms with Crippen LogP contribution in [-0.2, 0) is 13.0 Å². The van der Waals surface area contributed by atoms with Crippen LogP contribution >= 0.6 is 0 Å². The molecule has 24 heavy (non-hydrogen) atoms. The number of amides is 1. The molecule has 2 heterocycles. The molecule has 0 fully saturated rings. The highest BCUT2D eigenvalue weighted by Gasteiger charge is 2.25. The number of aromatic amines is 1. The van der Waals surface area contributed by atoms with Crippen molar-refractivity contribution in [2.24, 2.45) is 0 Å². The number of H-pyrrole nitrogens is 1. The van der Waals surface area contributed by atoms with Gasteiger partial charge in [0, 0.05) is 59.4 Å². The fraction of sp³-hybridized carbons (Fsp3) is 0.167. The molecule has 0 spiro atoms.